The highest BCUT2D eigenvalue weighted by molar-refractivity contribution is 6.30. The van der Waals surface area contributed by atoms with Crippen LogP contribution in [0.1, 0.15) is 13.3 Å². The predicted molar refractivity (Wildman–Crippen MR) is 110 cm³/mol. The van der Waals surface area contributed by atoms with Crippen molar-refractivity contribution in [2.45, 2.75) is 19.4 Å². The van der Waals surface area contributed by atoms with Crippen LogP contribution in [0.4, 0.5) is 0 Å². The van der Waals surface area contributed by atoms with Crippen LogP contribution >= 0.6 is 11.6 Å². The van der Waals surface area contributed by atoms with E-state index in [-0.39, 0.29) is 6.10 Å². The van der Waals surface area contributed by atoms with Crippen molar-refractivity contribution in [2.75, 3.05) is 59.5 Å². The van der Waals surface area contributed by atoms with Gasteiger partial charge in [-0.2, -0.15) is 0 Å². The second-order valence-corrected chi connectivity index (χ2v) is 7.76. The standard InChI is InChI=1S/C20H31ClN4O2/c1-16(27-19-5-3-4-18(21)12-19)13-23-20(22-2)25-7-6-17(15-25)14-24-8-10-26-11-9-24/h3-5,12,16-17H,6-11,13-15H2,1-2H3,(H,22,23). The van der Waals surface area contributed by atoms with E-state index in [1.165, 1.54) is 6.42 Å². The molecule has 0 spiro atoms. The molecule has 2 heterocycles. The molecule has 2 aliphatic rings. The summed E-state index contributed by atoms with van der Waals surface area (Å²) in [5.41, 5.74) is 0. The van der Waals surface area contributed by atoms with Crippen LogP contribution < -0.4 is 10.1 Å². The number of guanidine groups is 1. The van der Waals surface area contributed by atoms with Gasteiger partial charge in [-0.25, -0.2) is 0 Å². The van der Waals surface area contributed by atoms with Gasteiger partial charge in [-0.1, -0.05) is 17.7 Å². The van der Waals surface area contributed by atoms with Crippen LogP contribution in [0, 0.1) is 5.92 Å². The van der Waals surface area contributed by atoms with Gasteiger partial charge in [0.1, 0.15) is 11.9 Å². The largest absolute Gasteiger partial charge is 0.489 e. The fourth-order valence-corrected chi connectivity index (χ4v) is 3.88. The molecule has 27 heavy (non-hydrogen) atoms. The molecule has 150 valence electrons. The Kier molecular flexibility index (Phi) is 7.61. The minimum atomic E-state index is 0.0203. The van der Waals surface area contributed by atoms with Crippen LogP contribution in [0.15, 0.2) is 29.3 Å². The highest BCUT2D eigenvalue weighted by atomic mass is 35.5. The van der Waals surface area contributed by atoms with E-state index >= 15 is 0 Å². The van der Waals surface area contributed by atoms with Crippen LogP contribution in [-0.2, 0) is 4.74 Å². The summed E-state index contributed by atoms with van der Waals surface area (Å²) >= 11 is 6.02. The van der Waals surface area contributed by atoms with E-state index in [1.807, 2.05) is 38.2 Å². The molecule has 2 fully saturated rings. The lowest BCUT2D eigenvalue weighted by Crippen LogP contribution is -2.44. The molecule has 0 radical (unpaired) electrons. The third-order valence-electron chi connectivity index (χ3n) is 5.10. The summed E-state index contributed by atoms with van der Waals surface area (Å²) in [6, 6.07) is 7.51. The van der Waals surface area contributed by atoms with Gasteiger partial charge >= 0.3 is 0 Å². The van der Waals surface area contributed by atoms with Gasteiger partial charge in [-0.05, 0) is 37.5 Å². The number of hydrogen-bond acceptors (Lipinski definition) is 4. The molecule has 2 unspecified atom stereocenters. The van der Waals surface area contributed by atoms with E-state index in [2.05, 4.69) is 20.1 Å². The average molecular weight is 395 g/mol. The molecule has 3 rings (SSSR count). The Labute approximate surface area is 167 Å². The van der Waals surface area contributed by atoms with Crippen molar-refractivity contribution < 1.29 is 9.47 Å². The van der Waals surface area contributed by atoms with Crippen molar-refractivity contribution in [2.24, 2.45) is 10.9 Å². The monoisotopic (exact) mass is 394 g/mol. The van der Waals surface area contributed by atoms with Crippen molar-refractivity contribution in [3.05, 3.63) is 29.3 Å². The summed E-state index contributed by atoms with van der Waals surface area (Å²) < 4.78 is 11.4. The Morgan fingerprint density at radius 1 is 1.37 bits per heavy atom. The first-order valence-electron chi connectivity index (χ1n) is 9.82. The number of halogens is 1. The van der Waals surface area contributed by atoms with Gasteiger partial charge in [0.25, 0.3) is 0 Å². The quantitative estimate of drug-likeness (QED) is 0.592. The van der Waals surface area contributed by atoms with Crippen molar-refractivity contribution in [1.29, 1.82) is 0 Å². The number of ether oxygens (including phenoxy) is 2. The number of benzene rings is 1. The molecule has 2 atom stereocenters. The van der Waals surface area contributed by atoms with E-state index in [4.69, 9.17) is 21.1 Å². The van der Waals surface area contributed by atoms with Crippen molar-refractivity contribution in [3.63, 3.8) is 0 Å². The van der Waals surface area contributed by atoms with Gasteiger partial charge in [-0.3, -0.25) is 9.89 Å². The van der Waals surface area contributed by atoms with Gasteiger partial charge in [0.05, 0.1) is 19.8 Å². The number of hydrogen-bond donors (Lipinski definition) is 1. The zero-order chi connectivity index (χ0) is 19.1. The lowest BCUT2D eigenvalue weighted by Gasteiger charge is -2.29. The van der Waals surface area contributed by atoms with Crippen LogP contribution in [0.3, 0.4) is 0 Å². The summed E-state index contributed by atoms with van der Waals surface area (Å²) in [5.74, 6) is 2.45. The van der Waals surface area contributed by atoms with E-state index in [9.17, 15) is 0 Å². The fraction of sp³-hybridized carbons (Fsp3) is 0.650. The Hall–Kier alpha value is -1.50. The van der Waals surface area contributed by atoms with Gasteiger partial charge in [0.2, 0.25) is 0 Å². The second-order valence-electron chi connectivity index (χ2n) is 7.33. The molecule has 1 aromatic carbocycles. The van der Waals surface area contributed by atoms with Gasteiger partial charge < -0.3 is 19.7 Å². The minimum Gasteiger partial charge on any atom is -0.489 e. The van der Waals surface area contributed by atoms with Gasteiger partial charge in [-0.15, -0.1) is 0 Å². The molecule has 2 saturated heterocycles. The summed E-state index contributed by atoms with van der Waals surface area (Å²) in [7, 11) is 1.85. The molecule has 0 aliphatic carbocycles. The maximum atomic E-state index is 6.02. The molecule has 2 aliphatic heterocycles. The number of nitrogens with zero attached hydrogens (tertiary/aromatic N) is 3. The Morgan fingerprint density at radius 2 is 2.19 bits per heavy atom. The zero-order valence-corrected chi connectivity index (χ0v) is 17.1. The van der Waals surface area contributed by atoms with E-state index in [0.29, 0.717) is 17.5 Å². The molecule has 0 aromatic heterocycles. The van der Waals surface area contributed by atoms with Gasteiger partial charge in [0.15, 0.2) is 5.96 Å². The second kappa shape index (κ2) is 10.2. The van der Waals surface area contributed by atoms with Crippen molar-refractivity contribution in [1.82, 2.24) is 15.1 Å². The number of aliphatic imine (C=N–C) groups is 1. The fourth-order valence-electron chi connectivity index (χ4n) is 3.70. The molecule has 6 nitrogen and oxygen atoms in total. The van der Waals surface area contributed by atoms with Crippen LogP contribution in [-0.4, -0.2) is 81.4 Å². The summed E-state index contributed by atoms with van der Waals surface area (Å²) in [6.45, 7) is 9.86. The molecule has 0 bridgehead atoms. The number of rotatable bonds is 6. The minimum absolute atomic E-state index is 0.0203. The zero-order valence-electron chi connectivity index (χ0n) is 16.4. The van der Waals surface area contributed by atoms with Crippen LogP contribution in [0.25, 0.3) is 0 Å². The molecule has 1 aromatic rings. The van der Waals surface area contributed by atoms with Gasteiger partial charge in [0, 0.05) is 44.8 Å². The van der Waals surface area contributed by atoms with E-state index < -0.39 is 0 Å². The smallest absolute Gasteiger partial charge is 0.193 e. The lowest BCUT2D eigenvalue weighted by atomic mass is 10.1. The Bertz CT molecular complexity index is 622. The first-order chi connectivity index (χ1) is 13.1. The van der Waals surface area contributed by atoms with E-state index in [0.717, 1.165) is 57.6 Å². The van der Waals surface area contributed by atoms with Crippen LogP contribution in [0.2, 0.25) is 5.02 Å². The Morgan fingerprint density at radius 3 is 2.93 bits per heavy atom. The summed E-state index contributed by atoms with van der Waals surface area (Å²) in [4.78, 5) is 9.35. The number of nitrogens with one attached hydrogen (secondary N) is 1. The molecular weight excluding hydrogens is 364 g/mol. The topological polar surface area (TPSA) is 49.3 Å². The molecular formula is C20H31ClN4O2. The number of likely N-dealkylation sites (tertiary alicyclic amines) is 1. The number of morpholine rings is 1. The normalized spacial score (nSPS) is 22.7. The van der Waals surface area contributed by atoms with Crippen molar-refractivity contribution >= 4 is 17.6 Å². The maximum Gasteiger partial charge on any atom is 0.193 e. The Balaban J connectivity index is 1.42. The summed E-state index contributed by atoms with van der Waals surface area (Å²) in [5, 5.41) is 4.14. The summed E-state index contributed by atoms with van der Waals surface area (Å²) in [6.07, 6.45) is 1.24. The lowest BCUT2D eigenvalue weighted by molar-refractivity contribution is 0.0315. The molecule has 7 heteroatoms. The highest BCUT2D eigenvalue weighted by Gasteiger charge is 2.27. The van der Waals surface area contributed by atoms with Crippen molar-refractivity contribution in [3.8, 4) is 5.75 Å². The maximum absolute atomic E-state index is 6.02. The first-order valence-corrected chi connectivity index (χ1v) is 10.2. The third kappa shape index (κ3) is 6.26. The molecule has 0 amide bonds. The average Bonchev–Trinajstić information content (AvgIpc) is 3.11. The third-order valence-corrected chi connectivity index (χ3v) is 5.33. The SMILES string of the molecule is CN=C(NCC(C)Oc1cccc(Cl)c1)N1CCC(CN2CCOCC2)C1. The molecule has 0 saturated carbocycles. The highest BCUT2D eigenvalue weighted by Crippen LogP contribution is 2.19. The predicted octanol–water partition coefficient (Wildman–Crippen LogP) is 2.34. The van der Waals surface area contributed by atoms with E-state index in [1.54, 1.807) is 0 Å². The first kappa shape index (κ1) is 20.2. The van der Waals surface area contributed by atoms with Crippen LogP contribution in [0.5, 0.6) is 5.75 Å². The molecule has 1 N–H and O–H groups in total.